The van der Waals surface area contributed by atoms with Gasteiger partial charge in [0, 0.05) is 12.5 Å². The summed E-state index contributed by atoms with van der Waals surface area (Å²) in [7, 11) is 0. The van der Waals surface area contributed by atoms with Gasteiger partial charge in [0.25, 0.3) is 5.92 Å². The van der Waals surface area contributed by atoms with Gasteiger partial charge in [-0.15, -0.1) is 0 Å². The topological polar surface area (TPSA) is 80.4 Å². The highest BCUT2D eigenvalue weighted by Gasteiger charge is 2.27. The molecule has 1 atom stereocenters. The summed E-state index contributed by atoms with van der Waals surface area (Å²) in [6.45, 7) is 18.0. The number of unbranched alkanes of at least 4 members (excludes halogenated alkanes) is 4. The molecule has 0 aromatic heterocycles. The summed E-state index contributed by atoms with van der Waals surface area (Å²) in [5, 5.41) is 8.38. The zero-order valence-electron chi connectivity index (χ0n) is 33.1. The lowest BCUT2D eigenvalue weighted by molar-refractivity contribution is -0.117. The smallest absolute Gasteiger partial charge is 0.335 e. The molecule has 288 valence electrons. The van der Waals surface area contributed by atoms with Crippen molar-refractivity contribution in [1.82, 2.24) is 0 Å². The summed E-state index contributed by atoms with van der Waals surface area (Å²) in [6, 6.07) is 14.2. The number of amides is 1. The maximum absolute atomic E-state index is 13.0. The van der Waals surface area contributed by atoms with Crippen molar-refractivity contribution in [2.24, 2.45) is 17.6 Å². The van der Waals surface area contributed by atoms with Gasteiger partial charge in [-0.3, -0.25) is 4.79 Å². The number of rotatable bonds is 17. The molecule has 51 heavy (non-hydrogen) atoms. The van der Waals surface area contributed by atoms with Crippen LogP contribution < -0.4 is 5.73 Å². The van der Waals surface area contributed by atoms with Crippen molar-refractivity contribution >= 4 is 11.9 Å². The largest absolute Gasteiger partial charge is 0.478 e. The van der Waals surface area contributed by atoms with Crippen LogP contribution >= 0.6 is 0 Å². The molecule has 1 aliphatic carbocycles. The highest BCUT2D eigenvalue weighted by molar-refractivity contribution is 5.87. The highest BCUT2D eigenvalue weighted by Crippen LogP contribution is 2.30. The van der Waals surface area contributed by atoms with E-state index in [0.717, 1.165) is 18.8 Å². The van der Waals surface area contributed by atoms with E-state index in [-0.39, 0.29) is 17.5 Å². The van der Waals surface area contributed by atoms with Crippen LogP contribution in [0.25, 0.3) is 0 Å². The number of aromatic carboxylic acids is 1. The molecule has 0 aliphatic heterocycles. The zero-order valence-corrected chi connectivity index (χ0v) is 33.1. The second-order valence-electron chi connectivity index (χ2n) is 13.5. The molecule has 0 spiro atoms. The zero-order chi connectivity index (χ0) is 38.9. The van der Waals surface area contributed by atoms with Crippen LogP contribution in [-0.2, 0) is 17.1 Å². The average molecular weight is 712 g/mol. The Morgan fingerprint density at radius 1 is 0.902 bits per heavy atom. The Morgan fingerprint density at radius 3 is 1.92 bits per heavy atom. The molecule has 2 aromatic carbocycles. The lowest BCUT2D eigenvalue weighted by Gasteiger charge is -2.18. The Hall–Kier alpha value is -3.54. The van der Waals surface area contributed by atoms with Gasteiger partial charge in [-0.05, 0) is 49.3 Å². The van der Waals surface area contributed by atoms with E-state index in [1.807, 2.05) is 12.2 Å². The van der Waals surface area contributed by atoms with E-state index in [1.165, 1.54) is 114 Å². The van der Waals surface area contributed by atoms with Crippen LogP contribution in [0.4, 0.5) is 8.78 Å². The molecule has 0 saturated heterocycles. The number of primary amides is 1. The molecule has 3 N–H and O–H groups in total. The number of allylic oxidation sites excluding steroid dienone is 5. The summed E-state index contributed by atoms with van der Waals surface area (Å²) >= 11 is 0. The first-order valence-electron chi connectivity index (χ1n) is 19.2. The standard InChI is InChI=1S/C12H26.C11H18.C10H11F2NO.C7H6O2.C5H10/c1-4-7-8-9-11-12(6-3)10-5-2;1-4-6-8-10-11(3)9-7-5-2;1-10(11,12)8-5-3-2-4-7(8)6-9(13)14;8-7(9)6-4-2-1-3-5-6;1-5-3-2-4-5/h12H,4-11H2,1-3H3;4,6,8,10H,1,5,7,9H2,2-3H3;2-5H,6H2,1H3,(H2,13,14);1-5H,(H,8,9);5H,2-4H2,1H3/b;8-6-,11-10-;;;. The Labute approximate surface area is 310 Å². The molecule has 1 unspecified atom stereocenters. The third-order valence-electron chi connectivity index (χ3n) is 8.56. The predicted molar refractivity (Wildman–Crippen MR) is 215 cm³/mol. The maximum atomic E-state index is 13.0. The fourth-order valence-electron chi connectivity index (χ4n) is 5.14. The Kier molecular flexibility index (Phi) is 31.5. The van der Waals surface area contributed by atoms with Crippen molar-refractivity contribution in [3.63, 3.8) is 0 Å². The number of hydrogen-bond donors (Lipinski definition) is 2. The predicted octanol–water partition coefficient (Wildman–Crippen LogP) is 13.7. The van der Waals surface area contributed by atoms with Gasteiger partial charge in [0.05, 0.1) is 12.0 Å². The second-order valence-corrected chi connectivity index (χ2v) is 13.5. The summed E-state index contributed by atoms with van der Waals surface area (Å²) < 4.78 is 26.0. The van der Waals surface area contributed by atoms with Crippen LogP contribution in [0.5, 0.6) is 0 Å². The number of alkyl halides is 2. The van der Waals surface area contributed by atoms with Crippen molar-refractivity contribution in [2.45, 2.75) is 151 Å². The SMILES string of the molecule is C=C/C=C\C=C(\C)CCCC.CC(F)(F)c1ccccc1CC(N)=O.CC1CCC1.CCCCCCC(CC)CCC.O=C(O)c1ccccc1. The molecule has 6 heteroatoms. The van der Waals surface area contributed by atoms with E-state index in [1.54, 1.807) is 42.5 Å². The molecule has 2 aromatic rings. The first-order valence-corrected chi connectivity index (χ1v) is 19.2. The fraction of sp³-hybridized carbons (Fsp3) is 0.556. The average Bonchev–Trinajstić information content (AvgIpc) is 3.09. The molecular weight excluding hydrogens is 640 g/mol. The monoisotopic (exact) mass is 712 g/mol. The Bertz CT molecular complexity index is 1210. The maximum Gasteiger partial charge on any atom is 0.335 e. The van der Waals surface area contributed by atoms with Crippen molar-refractivity contribution in [2.75, 3.05) is 0 Å². The van der Waals surface area contributed by atoms with Gasteiger partial charge < -0.3 is 10.8 Å². The van der Waals surface area contributed by atoms with Gasteiger partial charge in [0.2, 0.25) is 5.91 Å². The second kappa shape index (κ2) is 32.4. The molecule has 0 bridgehead atoms. The number of halogens is 2. The van der Waals surface area contributed by atoms with E-state index in [9.17, 15) is 18.4 Å². The van der Waals surface area contributed by atoms with E-state index in [4.69, 9.17) is 10.8 Å². The highest BCUT2D eigenvalue weighted by atomic mass is 19.3. The Balaban J connectivity index is 0. The molecule has 0 heterocycles. The van der Waals surface area contributed by atoms with E-state index < -0.39 is 17.8 Å². The van der Waals surface area contributed by atoms with Gasteiger partial charge in [-0.1, -0.05) is 191 Å². The fourth-order valence-corrected chi connectivity index (χ4v) is 5.14. The van der Waals surface area contributed by atoms with Gasteiger partial charge in [0.1, 0.15) is 0 Å². The molecule has 3 rings (SSSR count). The van der Waals surface area contributed by atoms with E-state index in [0.29, 0.717) is 5.56 Å². The molecule has 1 amide bonds. The minimum absolute atomic E-state index is 0.140. The van der Waals surface area contributed by atoms with Gasteiger partial charge in [-0.25, -0.2) is 13.6 Å². The van der Waals surface area contributed by atoms with Crippen LogP contribution in [0.3, 0.4) is 0 Å². The molecule has 4 nitrogen and oxygen atoms in total. The number of hydrogen-bond acceptors (Lipinski definition) is 2. The number of carbonyl (C=O) groups is 2. The third-order valence-corrected chi connectivity index (χ3v) is 8.56. The molecule has 1 fully saturated rings. The minimum Gasteiger partial charge on any atom is -0.478 e. The lowest BCUT2D eigenvalue weighted by atomic mass is 9.88. The summed E-state index contributed by atoms with van der Waals surface area (Å²) in [5.74, 6) is -2.34. The Morgan fingerprint density at radius 2 is 1.49 bits per heavy atom. The van der Waals surface area contributed by atoms with Crippen LogP contribution in [0.15, 0.2) is 91.1 Å². The van der Waals surface area contributed by atoms with Gasteiger partial charge in [0.15, 0.2) is 0 Å². The summed E-state index contributed by atoms with van der Waals surface area (Å²) in [5.41, 5.74) is 6.88. The normalized spacial score (nSPS) is 13.0. The van der Waals surface area contributed by atoms with E-state index >= 15 is 0 Å². The van der Waals surface area contributed by atoms with Crippen LogP contribution in [0, 0.1) is 11.8 Å². The molecule has 1 aliphatic rings. The number of carbonyl (C=O) groups excluding carboxylic acids is 1. The molecule has 0 radical (unpaired) electrons. The summed E-state index contributed by atoms with van der Waals surface area (Å²) in [4.78, 5) is 20.8. The van der Waals surface area contributed by atoms with Gasteiger partial charge in [-0.2, -0.15) is 0 Å². The number of nitrogens with two attached hydrogens (primary N) is 1. The van der Waals surface area contributed by atoms with E-state index in [2.05, 4.69) is 54.2 Å². The molecular formula is C45H71F2NO3. The molecule has 1 saturated carbocycles. The number of benzene rings is 2. The van der Waals surface area contributed by atoms with Gasteiger partial charge >= 0.3 is 5.97 Å². The van der Waals surface area contributed by atoms with Crippen LogP contribution in [-0.4, -0.2) is 17.0 Å². The van der Waals surface area contributed by atoms with Crippen LogP contribution in [0.1, 0.15) is 160 Å². The lowest BCUT2D eigenvalue weighted by Crippen LogP contribution is -2.18. The third kappa shape index (κ3) is 29.9. The van der Waals surface area contributed by atoms with Crippen molar-refractivity contribution < 1.29 is 23.5 Å². The number of carboxylic acid groups (broad SMARTS) is 1. The summed E-state index contributed by atoms with van der Waals surface area (Å²) in [6.07, 6.45) is 27.4. The minimum atomic E-state index is -2.94. The number of carboxylic acids is 1. The first-order chi connectivity index (χ1) is 24.3. The first kappa shape index (κ1) is 49.6. The van der Waals surface area contributed by atoms with Crippen molar-refractivity contribution in [3.05, 3.63) is 108 Å². The van der Waals surface area contributed by atoms with Crippen molar-refractivity contribution in [3.8, 4) is 0 Å². The van der Waals surface area contributed by atoms with Crippen LogP contribution in [0.2, 0.25) is 0 Å². The quantitative estimate of drug-likeness (QED) is 0.127. The van der Waals surface area contributed by atoms with Crippen molar-refractivity contribution in [1.29, 1.82) is 0 Å².